The molecule has 2 N–H and O–H groups in total. The average Bonchev–Trinajstić information content (AvgIpc) is 2.90. The summed E-state index contributed by atoms with van der Waals surface area (Å²) in [6, 6.07) is 21.5. The van der Waals surface area contributed by atoms with Crippen LogP contribution in [0.25, 0.3) is 0 Å². The van der Waals surface area contributed by atoms with Crippen molar-refractivity contribution in [3.05, 3.63) is 112 Å². The maximum atomic E-state index is 13.8. The van der Waals surface area contributed by atoms with Gasteiger partial charge in [-0.3, -0.25) is 4.79 Å². The Morgan fingerprint density at radius 3 is 2.41 bits per heavy atom. The van der Waals surface area contributed by atoms with Gasteiger partial charge in [-0.1, -0.05) is 55.8 Å². The van der Waals surface area contributed by atoms with Crippen LogP contribution in [0, 0.1) is 5.82 Å². The molecule has 0 radical (unpaired) electrons. The van der Waals surface area contributed by atoms with Gasteiger partial charge < -0.3 is 15.4 Å². The van der Waals surface area contributed by atoms with E-state index in [0.717, 1.165) is 34.5 Å². The molecule has 0 aliphatic rings. The van der Waals surface area contributed by atoms with Crippen molar-refractivity contribution in [2.45, 2.75) is 33.1 Å². The molecule has 1 amide bonds. The fraction of sp³-hybridized carbons (Fsp3) is 0.200. The molecule has 0 saturated heterocycles. The van der Waals surface area contributed by atoms with Gasteiger partial charge in [0.1, 0.15) is 11.6 Å². The molecule has 1 heterocycles. The number of carbonyl (C=O) groups is 1. The molecule has 0 aliphatic carbocycles. The quantitative estimate of drug-likeness (QED) is 0.240. The molecule has 3 aromatic carbocycles. The van der Waals surface area contributed by atoms with Crippen molar-refractivity contribution in [2.75, 3.05) is 11.4 Å². The van der Waals surface area contributed by atoms with Crippen LogP contribution >= 0.6 is 11.6 Å². The fourth-order valence-corrected chi connectivity index (χ4v) is 4.63. The van der Waals surface area contributed by atoms with Gasteiger partial charge in [-0.05, 0) is 72.9 Å². The smallest absolute Gasteiger partial charge is 0.248 e. The SMILES string of the molecule is CCc1c(N(CCc2cccc(F)c2)c2ccccc2)cnc(Oc2ccc(C(N)=O)cc2Cl)c1CC. The van der Waals surface area contributed by atoms with Crippen molar-refractivity contribution in [3.63, 3.8) is 0 Å². The summed E-state index contributed by atoms with van der Waals surface area (Å²) < 4.78 is 19.9. The van der Waals surface area contributed by atoms with Crippen LogP contribution in [0.4, 0.5) is 15.8 Å². The lowest BCUT2D eigenvalue weighted by atomic mass is 10.0. The molecular weight excluding hydrogens is 489 g/mol. The first kappa shape index (κ1) is 26.2. The largest absolute Gasteiger partial charge is 0.437 e. The lowest BCUT2D eigenvalue weighted by molar-refractivity contribution is 0.100. The Bertz CT molecular complexity index is 1400. The molecule has 0 atom stereocenters. The van der Waals surface area contributed by atoms with E-state index in [0.29, 0.717) is 36.6 Å². The number of pyridine rings is 1. The highest BCUT2D eigenvalue weighted by Crippen LogP contribution is 2.37. The van der Waals surface area contributed by atoms with Gasteiger partial charge in [0.25, 0.3) is 0 Å². The Morgan fingerprint density at radius 2 is 1.76 bits per heavy atom. The molecule has 0 aliphatic heterocycles. The first-order chi connectivity index (χ1) is 17.9. The standard InChI is InChI=1S/C30H29ClFN3O2/c1-3-24-25(4-2)30(37-28-14-13-21(29(33)36)18-26(28)31)34-19-27(24)35(23-11-6-5-7-12-23)16-15-20-9-8-10-22(32)17-20/h5-14,17-19H,3-4,15-16H2,1-2H3,(H2,33,36). The number of halogens is 2. The molecular formula is C30H29ClFN3O2. The minimum atomic E-state index is -0.558. The molecule has 1 aromatic heterocycles. The number of rotatable bonds is 10. The molecule has 190 valence electrons. The summed E-state index contributed by atoms with van der Waals surface area (Å²) in [5, 5.41) is 0.281. The van der Waals surface area contributed by atoms with E-state index < -0.39 is 5.91 Å². The van der Waals surface area contributed by atoms with Crippen LogP contribution < -0.4 is 15.4 Å². The summed E-state index contributed by atoms with van der Waals surface area (Å²) in [7, 11) is 0. The second kappa shape index (κ2) is 11.9. The normalized spacial score (nSPS) is 10.8. The number of nitrogens with zero attached hydrogens (tertiary/aromatic N) is 2. The number of para-hydroxylation sites is 1. The summed E-state index contributed by atoms with van der Waals surface area (Å²) in [5.74, 6) is 0.0688. The third kappa shape index (κ3) is 6.09. The first-order valence-electron chi connectivity index (χ1n) is 12.3. The second-order valence-corrected chi connectivity index (χ2v) is 9.00. The van der Waals surface area contributed by atoms with Gasteiger partial charge in [-0.15, -0.1) is 0 Å². The number of hydrogen-bond donors (Lipinski definition) is 1. The van der Waals surface area contributed by atoms with Gasteiger partial charge in [-0.25, -0.2) is 9.37 Å². The molecule has 0 bridgehead atoms. The highest BCUT2D eigenvalue weighted by molar-refractivity contribution is 6.32. The zero-order valence-electron chi connectivity index (χ0n) is 20.9. The topological polar surface area (TPSA) is 68.5 Å². The van der Waals surface area contributed by atoms with E-state index in [1.165, 1.54) is 12.1 Å². The number of aromatic nitrogens is 1. The summed E-state index contributed by atoms with van der Waals surface area (Å²) >= 11 is 6.37. The Labute approximate surface area is 221 Å². The lowest BCUT2D eigenvalue weighted by Gasteiger charge is -2.29. The fourth-order valence-electron chi connectivity index (χ4n) is 4.41. The summed E-state index contributed by atoms with van der Waals surface area (Å²) in [4.78, 5) is 18.4. The highest BCUT2D eigenvalue weighted by Gasteiger charge is 2.20. The van der Waals surface area contributed by atoms with E-state index in [4.69, 9.17) is 27.1 Å². The maximum Gasteiger partial charge on any atom is 0.248 e. The van der Waals surface area contributed by atoms with Crippen LogP contribution in [0.3, 0.4) is 0 Å². The first-order valence-corrected chi connectivity index (χ1v) is 12.6. The van der Waals surface area contributed by atoms with Crippen molar-refractivity contribution >= 4 is 28.9 Å². The Morgan fingerprint density at radius 1 is 1.00 bits per heavy atom. The predicted octanol–water partition coefficient (Wildman–Crippen LogP) is 7.27. The van der Waals surface area contributed by atoms with Crippen molar-refractivity contribution in [1.82, 2.24) is 4.98 Å². The minimum Gasteiger partial charge on any atom is -0.437 e. The molecule has 7 heteroatoms. The van der Waals surface area contributed by atoms with Crippen LogP contribution in [0.1, 0.15) is 40.9 Å². The van der Waals surface area contributed by atoms with Crippen molar-refractivity contribution in [3.8, 4) is 11.6 Å². The van der Waals surface area contributed by atoms with Crippen molar-refractivity contribution in [1.29, 1.82) is 0 Å². The summed E-state index contributed by atoms with van der Waals surface area (Å²) in [6.07, 6.45) is 3.94. The monoisotopic (exact) mass is 517 g/mol. The molecule has 0 spiro atoms. The van der Waals surface area contributed by atoms with Crippen molar-refractivity contribution < 1.29 is 13.9 Å². The van der Waals surface area contributed by atoms with E-state index in [1.54, 1.807) is 24.3 Å². The molecule has 0 fully saturated rings. The predicted molar refractivity (Wildman–Crippen MR) is 147 cm³/mol. The summed E-state index contributed by atoms with van der Waals surface area (Å²) in [5.41, 5.74) is 10.7. The van der Waals surface area contributed by atoms with Gasteiger partial charge >= 0.3 is 0 Å². The highest BCUT2D eigenvalue weighted by atomic mass is 35.5. The number of primary amides is 1. The van der Waals surface area contributed by atoms with Crippen LogP contribution in [0.15, 0.2) is 79.0 Å². The molecule has 37 heavy (non-hydrogen) atoms. The number of hydrogen-bond acceptors (Lipinski definition) is 4. The van der Waals surface area contributed by atoms with E-state index in [-0.39, 0.29) is 10.8 Å². The van der Waals surface area contributed by atoms with Crippen molar-refractivity contribution in [2.24, 2.45) is 5.73 Å². The van der Waals surface area contributed by atoms with Crippen LogP contribution in [-0.2, 0) is 19.3 Å². The molecule has 0 saturated carbocycles. The van der Waals surface area contributed by atoms with Crippen LogP contribution in [0.5, 0.6) is 11.6 Å². The van der Waals surface area contributed by atoms with E-state index in [2.05, 4.69) is 30.9 Å². The van der Waals surface area contributed by atoms with Gasteiger partial charge in [0.05, 0.1) is 16.9 Å². The van der Waals surface area contributed by atoms with Gasteiger partial charge in [-0.2, -0.15) is 0 Å². The maximum absolute atomic E-state index is 13.8. The molecule has 4 rings (SSSR count). The molecule has 5 nitrogen and oxygen atoms in total. The third-order valence-corrected chi connectivity index (χ3v) is 6.53. The minimum absolute atomic E-state index is 0.239. The van der Waals surface area contributed by atoms with Crippen LogP contribution in [0.2, 0.25) is 5.02 Å². The Kier molecular flexibility index (Phi) is 8.41. The number of carbonyl (C=O) groups excluding carboxylic acids is 1. The number of ether oxygens (including phenoxy) is 1. The summed E-state index contributed by atoms with van der Waals surface area (Å²) in [6.45, 7) is 4.81. The average molecular weight is 518 g/mol. The number of nitrogens with two attached hydrogens (primary N) is 1. The molecule has 0 unspecified atom stereocenters. The zero-order valence-corrected chi connectivity index (χ0v) is 21.6. The van der Waals surface area contributed by atoms with Gasteiger partial charge in [0.15, 0.2) is 0 Å². The van der Waals surface area contributed by atoms with E-state index in [9.17, 15) is 9.18 Å². The second-order valence-electron chi connectivity index (χ2n) is 8.59. The van der Waals surface area contributed by atoms with Gasteiger partial charge in [0.2, 0.25) is 11.8 Å². The van der Waals surface area contributed by atoms with E-state index in [1.807, 2.05) is 30.5 Å². The lowest BCUT2D eigenvalue weighted by Crippen LogP contribution is -2.22. The Hall–Kier alpha value is -3.90. The van der Waals surface area contributed by atoms with Gasteiger partial charge in [0, 0.05) is 23.4 Å². The van der Waals surface area contributed by atoms with E-state index >= 15 is 0 Å². The molecule has 4 aromatic rings. The number of amides is 1. The Balaban J connectivity index is 1.72. The van der Waals surface area contributed by atoms with Crippen LogP contribution in [-0.4, -0.2) is 17.4 Å². The third-order valence-electron chi connectivity index (χ3n) is 6.24. The number of benzene rings is 3. The zero-order chi connectivity index (χ0) is 26.4. The number of anilines is 2.